The van der Waals surface area contributed by atoms with Crippen LogP contribution in [0.3, 0.4) is 0 Å². The number of aliphatic hydroxyl groups is 1. The molecule has 1 saturated carbocycles. The van der Waals surface area contributed by atoms with Crippen LogP contribution in [0.1, 0.15) is 55.7 Å². The maximum atomic E-state index is 9.74. The lowest BCUT2D eigenvalue weighted by Crippen LogP contribution is -2.35. The van der Waals surface area contributed by atoms with Gasteiger partial charge in [0.05, 0.1) is 6.10 Å². The number of benzene rings is 1. The third-order valence-corrected chi connectivity index (χ3v) is 4.81. The van der Waals surface area contributed by atoms with Crippen LogP contribution >= 0.6 is 0 Å². The van der Waals surface area contributed by atoms with Gasteiger partial charge in [-0.1, -0.05) is 37.3 Å². The molecular weight excluding hydrogens is 220 g/mol. The van der Waals surface area contributed by atoms with E-state index in [2.05, 4.69) is 37.3 Å². The van der Waals surface area contributed by atoms with Crippen molar-refractivity contribution in [2.45, 2.75) is 57.0 Å². The molecule has 1 N–H and O–H groups in total. The summed E-state index contributed by atoms with van der Waals surface area (Å²) >= 11 is 0. The Morgan fingerprint density at radius 3 is 2.78 bits per heavy atom. The van der Waals surface area contributed by atoms with E-state index >= 15 is 0 Å². The molecule has 1 nitrogen and oxygen atoms in total. The van der Waals surface area contributed by atoms with Gasteiger partial charge in [-0.25, -0.2) is 0 Å². The van der Waals surface area contributed by atoms with E-state index in [1.165, 1.54) is 16.7 Å². The number of aliphatic hydroxyl groups excluding tert-OH is 1. The molecule has 2 aliphatic rings. The average molecular weight is 242 g/mol. The van der Waals surface area contributed by atoms with Crippen molar-refractivity contribution in [1.29, 1.82) is 0 Å². The van der Waals surface area contributed by atoms with Crippen LogP contribution < -0.4 is 0 Å². The lowest BCUT2D eigenvalue weighted by atomic mass is 9.64. The number of allylic oxidation sites excluding steroid dienone is 1. The summed E-state index contributed by atoms with van der Waals surface area (Å²) in [6, 6.07) is 6.97. The molecule has 0 amide bonds. The standard InChI is InChI=1S/C17H22O/c1-2-13-5-6-16-14(12-13)4-3-9-17(16)10-7-15(18)8-11-17/h3-6,12,15,18H,2,7-11H2,1H3. The lowest BCUT2D eigenvalue weighted by Gasteiger charge is -2.41. The molecule has 0 saturated heterocycles. The molecule has 0 bridgehead atoms. The molecule has 96 valence electrons. The van der Waals surface area contributed by atoms with E-state index in [-0.39, 0.29) is 6.10 Å². The number of hydrogen-bond donors (Lipinski definition) is 1. The molecule has 1 aromatic carbocycles. The van der Waals surface area contributed by atoms with Gasteiger partial charge in [-0.15, -0.1) is 0 Å². The predicted octanol–water partition coefficient (Wildman–Crippen LogP) is 3.84. The molecule has 0 radical (unpaired) electrons. The number of aryl methyl sites for hydroxylation is 1. The summed E-state index contributed by atoms with van der Waals surface area (Å²) in [5.41, 5.74) is 4.67. The van der Waals surface area contributed by atoms with Crippen molar-refractivity contribution < 1.29 is 5.11 Å². The maximum Gasteiger partial charge on any atom is 0.0540 e. The van der Waals surface area contributed by atoms with Crippen LogP contribution in [0.5, 0.6) is 0 Å². The van der Waals surface area contributed by atoms with E-state index in [9.17, 15) is 5.11 Å². The van der Waals surface area contributed by atoms with Crippen molar-refractivity contribution in [1.82, 2.24) is 0 Å². The van der Waals surface area contributed by atoms with Crippen LogP contribution in [0.4, 0.5) is 0 Å². The molecule has 1 heteroatoms. The first-order valence-corrected chi connectivity index (χ1v) is 7.21. The summed E-state index contributed by atoms with van der Waals surface area (Å²) in [6.45, 7) is 2.21. The molecule has 0 atom stereocenters. The van der Waals surface area contributed by atoms with Crippen LogP contribution in [0.2, 0.25) is 0 Å². The zero-order valence-electron chi connectivity index (χ0n) is 11.2. The Labute approximate surface area is 110 Å². The molecule has 1 fully saturated rings. The summed E-state index contributed by atoms with van der Waals surface area (Å²) in [5, 5.41) is 9.74. The Balaban J connectivity index is 1.99. The fourth-order valence-electron chi connectivity index (χ4n) is 3.60. The first kappa shape index (κ1) is 12.0. The highest BCUT2D eigenvalue weighted by atomic mass is 16.3. The van der Waals surface area contributed by atoms with Gasteiger partial charge in [0.2, 0.25) is 0 Å². The highest BCUT2D eigenvalue weighted by Crippen LogP contribution is 2.46. The Morgan fingerprint density at radius 2 is 2.06 bits per heavy atom. The minimum Gasteiger partial charge on any atom is -0.393 e. The minimum atomic E-state index is -0.0695. The average Bonchev–Trinajstić information content (AvgIpc) is 2.42. The number of rotatable bonds is 1. The summed E-state index contributed by atoms with van der Waals surface area (Å²) in [7, 11) is 0. The van der Waals surface area contributed by atoms with E-state index in [0.29, 0.717) is 5.41 Å². The van der Waals surface area contributed by atoms with Crippen LogP contribution in [-0.2, 0) is 11.8 Å². The topological polar surface area (TPSA) is 20.2 Å². The van der Waals surface area contributed by atoms with Crippen LogP contribution in [0.25, 0.3) is 6.08 Å². The highest BCUT2D eigenvalue weighted by Gasteiger charge is 2.37. The largest absolute Gasteiger partial charge is 0.393 e. The van der Waals surface area contributed by atoms with Gasteiger partial charge < -0.3 is 5.11 Å². The van der Waals surface area contributed by atoms with E-state index in [1.807, 2.05) is 0 Å². The van der Waals surface area contributed by atoms with Crippen molar-refractivity contribution >= 4 is 6.08 Å². The molecule has 0 aliphatic heterocycles. The van der Waals surface area contributed by atoms with Gasteiger partial charge in [0, 0.05) is 0 Å². The van der Waals surface area contributed by atoms with Gasteiger partial charge >= 0.3 is 0 Å². The van der Waals surface area contributed by atoms with Gasteiger partial charge in [-0.2, -0.15) is 0 Å². The molecule has 1 spiro atoms. The molecule has 0 aromatic heterocycles. The minimum absolute atomic E-state index is 0.0695. The summed E-state index contributed by atoms with van der Waals surface area (Å²) in [5.74, 6) is 0. The fraction of sp³-hybridized carbons (Fsp3) is 0.529. The van der Waals surface area contributed by atoms with Crippen LogP contribution in [0, 0.1) is 0 Å². The van der Waals surface area contributed by atoms with E-state index in [0.717, 1.165) is 38.5 Å². The summed E-state index contributed by atoms with van der Waals surface area (Å²) in [6.07, 6.45) is 11.0. The number of hydrogen-bond acceptors (Lipinski definition) is 1. The van der Waals surface area contributed by atoms with Gasteiger partial charge in [-0.3, -0.25) is 0 Å². The van der Waals surface area contributed by atoms with Gasteiger partial charge in [0.25, 0.3) is 0 Å². The molecule has 2 aliphatic carbocycles. The molecule has 1 aromatic rings. The Kier molecular flexibility index (Phi) is 3.03. The second-order valence-electron chi connectivity index (χ2n) is 5.89. The first-order chi connectivity index (χ1) is 8.73. The SMILES string of the molecule is CCc1ccc2c(c1)C=CCC21CCC(O)CC1. The second-order valence-corrected chi connectivity index (χ2v) is 5.89. The van der Waals surface area contributed by atoms with E-state index in [1.54, 1.807) is 0 Å². The van der Waals surface area contributed by atoms with Crippen LogP contribution in [-0.4, -0.2) is 11.2 Å². The van der Waals surface area contributed by atoms with Crippen molar-refractivity contribution in [3.8, 4) is 0 Å². The van der Waals surface area contributed by atoms with Crippen molar-refractivity contribution in [2.24, 2.45) is 0 Å². The van der Waals surface area contributed by atoms with Gasteiger partial charge in [-0.05, 0) is 60.6 Å². The van der Waals surface area contributed by atoms with E-state index < -0.39 is 0 Å². The fourth-order valence-corrected chi connectivity index (χ4v) is 3.60. The van der Waals surface area contributed by atoms with Crippen molar-refractivity contribution in [2.75, 3.05) is 0 Å². The lowest BCUT2D eigenvalue weighted by molar-refractivity contribution is 0.0954. The quantitative estimate of drug-likeness (QED) is 0.793. The Hall–Kier alpha value is -1.08. The zero-order chi connectivity index (χ0) is 12.6. The Bertz CT molecular complexity index is 464. The molecule has 0 heterocycles. The first-order valence-electron chi connectivity index (χ1n) is 7.21. The number of fused-ring (bicyclic) bond motifs is 2. The van der Waals surface area contributed by atoms with Gasteiger partial charge in [0.1, 0.15) is 0 Å². The van der Waals surface area contributed by atoms with Crippen molar-refractivity contribution in [3.05, 3.63) is 41.0 Å². The maximum absolute atomic E-state index is 9.74. The molecular formula is C17H22O. The summed E-state index contributed by atoms with van der Waals surface area (Å²) in [4.78, 5) is 0. The Morgan fingerprint density at radius 1 is 1.28 bits per heavy atom. The third kappa shape index (κ3) is 1.91. The normalized spacial score (nSPS) is 30.4. The predicted molar refractivity (Wildman–Crippen MR) is 75.6 cm³/mol. The monoisotopic (exact) mass is 242 g/mol. The highest BCUT2D eigenvalue weighted by molar-refractivity contribution is 5.60. The van der Waals surface area contributed by atoms with Gasteiger partial charge in [0.15, 0.2) is 0 Å². The molecule has 0 unspecified atom stereocenters. The molecule has 18 heavy (non-hydrogen) atoms. The summed E-state index contributed by atoms with van der Waals surface area (Å²) < 4.78 is 0. The van der Waals surface area contributed by atoms with E-state index in [4.69, 9.17) is 0 Å². The van der Waals surface area contributed by atoms with Crippen molar-refractivity contribution in [3.63, 3.8) is 0 Å². The smallest absolute Gasteiger partial charge is 0.0540 e. The third-order valence-electron chi connectivity index (χ3n) is 4.81. The van der Waals surface area contributed by atoms with Crippen LogP contribution in [0.15, 0.2) is 24.3 Å². The second kappa shape index (κ2) is 4.55. The molecule has 3 rings (SSSR count). The zero-order valence-corrected chi connectivity index (χ0v) is 11.2.